The first-order valence-corrected chi connectivity index (χ1v) is 6.60. The van der Waals surface area contributed by atoms with Crippen LogP contribution in [0.15, 0.2) is 35.7 Å². The molecule has 0 aliphatic carbocycles. The van der Waals surface area contributed by atoms with Gasteiger partial charge in [0.15, 0.2) is 5.82 Å². The molecule has 1 amide bonds. The van der Waals surface area contributed by atoms with Crippen molar-refractivity contribution in [1.82, 2.24) is 19.8 Å². The summed E-state index contributed by atoms with van der Waals surface area (Å²) in [4.78, 5) is 15.7. The zero-order valence-corrected chi connectivity index (χ0v) is 11.5. The highest BCUT2D eigenvalue weighted by molar-refractivity contribution is 6.01. The zero-order valence-electron chi connectivity index (χ0n) is 11.5. The standard InChI is InChI=1S/C14H14FN5O/c1-19-13(21)7-6-12(18-19)14-16-9-17-20(14)8-10-2-4-11(15)5-3-10/h2-5,9H,6-8H2,1H3. The molecular weight excluding hydrogens is 273 g/mol. The topological polar surface area (TPSA) is 63.4 Å². The molecule has 0 radical (unpaired) electrons. The Morgan fingerprint density at radius 3 is 2.71 bits per heavy atom. The van der Waals surface area contributed by atoms with Gasteiger partial charge in [-0.15, -0.1) is 0 Å². The Kier molecular flexibility index (Phi) is 3.47. The van der Waals surface area contributed by atoms with Crippen molar-refractivity contribution < 1.29 is 9.18 Å². The number of nitrogens with zero attached hydrogens (tertiary/aromatic N) is 5. The second kappa shape index (κ2) is 5.43. The molecule has 1 aliphatic heterocycles. The number of halogens is 1. The van der Waals surface area contributed by atoms with Crippen LogP contribution in [0.3, 0.4) is 0 Å². The SMILES string of the molecule is CN1N=C(c2ncnn2Cc2ccc(F)cc2)CCC1=O. The number of amides is 1. The molecular formula is C14H14FN5O. The molecule has 108 valence electrons. The molecule has 2 heterocycles. The predicted octanol–water partition coefficient (Wildman–Crippen LogP) is 1.42. The number of carbonyl (C=O) groups is 1. The summed E-state index contributed by atoms with van der Waals surface area (Å²) in [6, 6.07) is 6.24. The van der Waals surface area contributed by atoms with Gasteiger partial charge in [-0.3, -0.25) is 4.79 Å². The van der Waals surface area contributed by atoms with Gasteiger partial charge in [-0.25, -0.2) is 19.1 Å². The normalized spacial score (nSPS) is 15.2. The molecule has 0 bridgehead atoms. The van der Waals surface area contributed by atoms with E-state index in [1.54, 1.807) is 23.9 Å². The van der Waals surface area contributed by atoms with Gasteiger partial charge in [0, 0.05) is 19.9 Å². The summed E-state index contributed by atoms with van der Waals surface area (Å²) in [6.07, 6.45) is 2.42. The second-order valence-electron chi connectivity index (χ2n) is 4.83. The Morgan fingerprint density at radius 2 is 2.00 bits per heavy atom. The highest BCUT2D eigenvalue weighted by Crippen LogP contribution is 2.13. The van der Waals surface area contributed by atoms with Crippen molar-refractivity contribution in [2.75, 3.05) is 7.05 Å². The number of aromatic nitrogens is 3. The maximum absolute atomic E-state index is 12.9. The molecule has 1 aromatic carbocycles. The predicted molar refractivity (Wildman–Crippen MR) is 74.1 cm³/mol. The second-order valence-corrected chi connectivity index (χ2v) is 4.83. The van der Waals surface area contributed by atoms with Crippen molar-refractivity contribution in [2.24, 2.45) is 5.10 Å². The van der Waals surface area contributed by atoms with E-state index >= 15 is 0 Å². The molecule has 0 N–H and O–H groups in total. The van der Waals surface area contributed by atoms with Crippen LogP contribution in [0.1, 0.15) is 24.2 Å². The Labute approximate surface area is 120 Å². The largest absolute Gasteiger partial charge is 0.273 e. The summed E-state index contributed by atoms with van der Waals surface area (Å²) in [5.41, 5.74) is 1.65. The molecule has 0 spiro atoms. The smallest absolute Gasteiger partial charge is 0.242 e. The summed E-state index contributed by atoms with van der Waals surface area (Å²) in [6.45, 7) is 0.478. The van der Waals surface area contributed by atoms with Gasteiger partial charge in [0.1, 0.15) is 17.9 Å². The van der Waals surface area contributed by atoms with Crippen LogP contribution in [-0.2, 0) is 11.3 Å². The lowest BCUT2D eigenvalue weighted by atomic mass is 10.1. The van der Waals surface area contributed by atoms with Crippen molar-refractivity contribution in [3.05, 3.63) is 47.8 Å². The van der Waals surface area contributed by atoms with E-state index in [-0.39, 0.29) is 11.7 Å². The van der Waals surface area contributed by atoms with E-state index in [2.05, 4.69) is 15.2 Å². The third kappa shape index (κ3) is 2.81. The van der Waals surface area contributed by atoms with Crippen LogP contribution in [-0.4, -0.2) is 38.4 Å². The van der Waals surface area contributed by atoms with E-state index in [4.69, 9.17) is 0 Å². The Morgan fingerprint density at radius 1 is 1.24 bits per heavy atom. The maximum atomic E-state index is 12.9. The number of hydrogen-bond donors (Lipinski definition) is 0. The van der Waals surface area contributed by atoms with Gasteiger partial charge in [0.2, 0.25) is 5.91 Å². The summed E-state index contributed by atoms with van der Waals surface area (Å²) in [5.74, 6) is 0.358. The molecule has 1 aromatic heterocycles. The fourth-order valence-electron chi connectivity index (χ4n) is 2.20. The van der Waals surface area contributed by atoms with Gasteiger partial charge in [0.05, 0.1) is 6.54 Å². The van der Waals surface area contributed by atoms with Crippen LogP contribution >= 0.6 is 0 Å². The quantitative estimate of drug-likeness (QED) is 0.857. The lowest BCUT2D eigenvalue weighted by molar-refractivity contribution is -0.130. The number of hydrogen-bond acceptors (Lipinski definition) is 4. The van der Waals surface area contributed by atoms with Crippen molar-refractivity contribution >= 4 is 11.6 Å². The number of benzene rings is 1. The van der Waals surface area contributed by atoms with Gasteiger partial charge in [-0.2, -0.15) is 10.2 Å². The molecule has 0 saturated carbocycles. The lowest BCUT2D eigenvalue weighted by Crippen LogP contribution is -2.30. The summed E-state index contributed by atoms with van der Waals surface area (Å²) >= 11 is 0. The van der Waals surface area contributed by atoms with Crippen molar-refractivity contribution in [2.45, 2.75) is 19.4 Å². The molecule has 6 nitrogen and oxygen atoms in total. The number of hydrazone groups is 1. The van der Waals surface area contributed by atoms with E-state index in [1.165, 1.54) is 23.5 Å². The van der Waals surface area contributed by atoms with Gasteiger partial charge >= 0.3 is 0 Å². The van der Waals surface area contributed by atoms with E-state index in [0.717, 1.165) is 11.3 Å². The number of carbonyl (C=O) groups excluding carboxylic acids is 1. The molecule has 7 heteroatoms. The van der Waals surface area contributed by atoms with Gasteiger partial charge < -0.3 is 0 Å². The summed E-state index contributed by atoms with van der Waals surface area (Å²) in [5, 5.41) is 9.75. The molecule has 0 atom stereocenters. The fourth-order valence-corrected chi connectivity index (χ4v) is 2.20. The van der Waals surface area contributed by atoms with Gasteiger partial charge in [-0.1, -0.05) is 12.1 Å². The Balaban J connectivity index is 1.86. The molecule has 1 aliphatic rings. The summed E-state index contributed by atoms with van der Waals surface area (Å²) in [7, 11) is 1.63. The third-order valence-corrected chi connectivity index (χ3v) is 3.33. The molecule has 21 heavy (non-hydrogen) atoms. The minimum absolute atomic E-state index is 0.0108. The summed E-state index contributed by atoms with van der Waals surface area (Å²) < 4.78 is 14.6. The molecule has 3 rings (SSSR count). The molecule has 0 saturated heterocycles. The monoisotopic (exact) mass is 287 g/mol. The Hall–Kier alpha value is -2.57. The molecule has 2 aromatic rings. The highest BCUT2D eigenvalue weighted by atomic mass is 19.1. The van der Waals surface area contributed by atoms with E-state index in [9.17, 15) is 9.18 Å². The van der Waals surface area contributed by atoms with Crippen molar-refractivity contribution in [3.8, 4) is 0 Å². The van der Waals surface area contributed by atoms with Crippen molar-refractivity contribution in [3.63, 3.8) is 0 Å². The highest BCUT2D eigenvalue weighted by Gasteiger charge is 2.21. The van der Waals surface area contributed by atoms with E-state index in [0.29, 0.717) is 25.2 Å². The first kappa shape index (κ1) is 13.4. The average Bonchev–Trinajstić information content (AvgIpc) is 2.92. The first-order chi connectivity index (χ1) is 10.1. The number of rotatable bonds is 3. The minimum atomic E-state index is -0.269. The van der Waals surface area contributed by atoms with Crippen LogP contribution < -0.4 is 0 Å². The minimum Gasteiger partial charge on any atom is -0.273 e. The van der Waals surface area contributed by atoms with Gasteiger partial charge in [0.25, 0.3) is 0 Å². The van der Waals surface area contributed by atoms with Crippen LogP contribution in [0.4, 0.5) is 4.39 Å². The van der Waals surface area contributed by atoms with Crippen LogP contribution in [0, 0.1) is 5.82 Å². The molecule has 0 unspecified atom stereocenters. The maximum Gasteiger partial charge on any atom is 0.242 e. The average molecular weight is 287 g/mol. The van der Waals surface area contributed by atoms with Crippen LogP contribution in [0.5, 0.6) is 0 Å². The lowest BCUT2D eigenvalue weighted by Gasteiger charge is -2.19. The first-order valence-electron chi connectivity index (χ1n) is 6.60. The van der Waals surface area contributed by atoms with Crippen molar-refractivity contribution in [1.29, 1.82) is 0 Å². The van der Waals surface area contributed by atoms with Gasteiger partial charge in [-0.05, 0) is 17.7 Å². The van der Waals surface area contributed by atoms with E-state index < -0.39 is 0 Å². The van der Waals surface area contributed by atoms with Crippen LogP contribution in [0.2, 0.25) is 0 Å². The zero-order chi connectivity index (χ0) is 14.8. The molecule has 0 fully saturated rings. The third-order valence-electron chi connectivity index (χ3n) is 3.33. The van der Waals surface area contributed by atoms with E-state index in [1.807, 2.05) is 0 Å². The fraction of sp³-hybridized carbons (Fsp3) is 0.286. The Bertz CT molecular complexity index is 692. The van der Waals surface area contributed by atoms with Crippen LogP contribution in [0.25, 0.3) is 0 Å².